The van der Waals surface area contributed by atoms with Crippen molar-refractivity contribution in [3.05, 3.63) is 12.7 Å². The molecule has 1 rings (SSSR count). The zero-order chi connectivity index (χ0) is 8.32. The molecule has 2 heteroatoms. The summed E-state index contributed by atoms with van der Waals surface area (Å²) < 4.78 is 4.72. The molecule has 0 saturated heterocycles. The zero-order valence-electron chi connectivity index (χ0n) is 6.93. The van der Waals surface area contributed by atoms with Crippen LogP contribution in [0.4, 0.5) is 0 Å². The number of esters is 1. The molecule has 62 valence electrons. The van der Waals surface area contributed by atoms with Crippen LogP contribution in [-0.4, -0.2) is 13.1 Å². The van der Waals surface area contributed by atoms with Crippen LogP contribution in [0.2, 0.25) is 0 Å². The molecule has 11 heavy (non-hydrogen) atoms. The molecule has 0 amide bonds. The van der Waals surface area contributed by atoms with Crippen LogP contribution in [0.25, 0.3) is 0 Å². The summed E-state index contributed by atoms with van der Waals surface area (Å²) in [6.07, 6.45) is 5.78. The van der Waals surface area contributed by atoms with E-state index in [4.69, 9.17) is 4.74 Å². The Kier molecular flexibility index (Phi) is 2.32. The van der Waals surface area contributed by atoms with Gasteiger partial charge in [-0.15, -0.1) is 6.58 Å². The fourth-order valence-electron chi connectivity index (χ4n) is 1.70. The monoisotopic (exact) mass is 154 g/mol. The SMILES string of the molecule is C=CC1(C(=O)OC)CCCC1. The van der Waals surface area contributed by atoms with Gasteiger partial charge in [0, 0.05) is 0 Å². The highest BCUT2D eigenvalue weighted by Crippen LogP contribution is 2.39. The number of rotatable bonds is 2. The van der Waals surface area contributed by atoms with Crippen molar-refractivity contribution >= 4 is 5.97 Å². The van der Waals surface area contributed by atoms with E-state index in [1.54, 1.807) is 6.08 Å². The molecule has 0 unspecified atom stereocenters. The molecule has 0 radical (unpaired) electrons. The molecule has 1 aliphatic rings. The second kappa shape index (κ2) is 3.07. The van der Waals surface area contributed by atoms with E-state index in [-0.39, 0.29) is 11.4 Å². The Hall–Kier alpha value is -0.790. The summed E-state index contributed by atoms with van der Waals surface area (Å²) >= 11 is 0. The van der Waals surface area contributed by atoms with Gasteiger partial charge in [-0.3, -0.25) is 4.79 Å². The fourth-order valence-corrected chi connectivity index (χ4v) is 1.70. The quantitative estimate of drug-likeness (QED) is 0.448. The first-order chi connectivity index (χ1) is 5.25. The lowest BCUT2D eigenvalue weighted by molar-refractivity contribution is -0.149. The minimum atomic E-state index is -0.352. The third-order valence-corrected chi connectivity index (χ3v) is 2.48. The smallest absolute Gasteiger partial charge is 0.315 e. The first kappa shape index (κ1) is 8.31. The summed E-state index contributed by atoms with van der Waals surface area (Å²) in [7, 11) is 1.44. The average molecular weight is 154 g/mol. The molecule has 2 nitrogen and oxygen atoms in total. The van der Waals surface area contributed by atoms with Gasteiger partial charge in [0.05, 0.1) is 12.5 Å². The Morgan fingerprint density at radius 1 is 1.55 bits per heavy atom. The van der Waals surface area contributed by atoms with E-state index in [1.807, 2.05) is 0 Å². The molecular weight excluding hydrogens is 140 g/mol. The van der Waals surface area contributed by atoms with Crippen molar-refractivity contribution in [1.29, 1.82) is 0 Å². The van der Waals surface area contributed by atoms with Gasteiger partial charge in [0.15, 0.2) is 0 Å². The first-order valence-electron chi connectivity index (χ1n) is 3.97. The Bertz CT molecular complexity index is 166. The van der Waals surface area contributed by atoms with Crippen LogP contribution in [0.3, 0.4) is 0 Å². The van der Waals surface area contributed by atoms with E-state index in [1.165, 1.54) is 7.11 Å². The van der Waals surface area contributed by atoms with Gasteiger partial charge in [-0.05, 0) is 12.8 Å². The van der Waals surface area contributed by atoms with E-state index in [2.05, 4.69) is 6.58 Å². The summed E-state index contributed by atoms with van der Waals surface area (Å²) in [4.78, 5) is 11.3. The summed E-state index contributed by atoms with van der Waals surface area (Å²) in [6, 6.07) is 0. The summed E-state index contributed by atoms with van der Waals surface area (Å²) in [6.45, 7) is 3.68. The molecule has 0 atom stereocenters. The van der Waals surface area contributed by atoms with Crippen molar-refractivity contribution in [3.63, 3.8) is 0 Å². The minimum Gasteiger partial charge on any atom is -0.468 e. The first-order valence-corrected chi connectivity index (χ1v) is 3.97. The largest absolute Gasteiger partial charge is 0.468 e. The zero-order valence-corrected chi connectivity index (χ0v) is 6.93. The number of ether oxygens (including phenoxy) is 1. The predicted molar refractivity (Wildman–Crippen MR) is 43.1 cm³/mol. The Morgan fingerprint density at radius 2 is 2.09 bits per heavy atom. The lowest BCUT2D eigenvalue weighted by Crippen LogP contribution is -2.26. The maximum atomic E-state index is 11.3. The van der Waals surface area contributed by atoms with E-state index in [9.17, 15) is 4.79 Å². The van der Waals surface area contributed by atoms with Crippen molar-refractivity contribution in [2.24, 2.45) is 5.41 Å². The number of hydrogen-bond acceptors (Lipinski definition) is 2. The third-order valence-electron chi connectivity index (χ3n) is 2.48. The molecule has 0 heterocycles. The average Bonchev–Trinajstić information content (AvgIpc) is 2.52. The normalized spacial score (nSPS) is 21.2. The molecular formula is C9H14O2. The number of carbonyl (C=O) groups is 1. The number of methoxy groups -OCH3 is 1. The molecule has 0 aromatic rings. The van der Waals surface area contributed by atoms with Crippen molar-refractivity contribution in [3.8, 4) is 0 Å². The van der Waals surface area contributed by atoms with Crippen molar-refractivity contribution in [1.82, 2.24) is 0 Å². The van der Waals surface area contributed by atoms with Gasteiger partial charge in [0.1, 0.15) is 0 Å². The molecule has 1 saturated carbocycles. The van der Waals surface area contributed by atoms with Gasteiger partial charge >= 0.3 is 5.97 Å². The Labute approximate surface area is 67.2 Å². The molecule has 0 aliphatic heterocycles. The van der Waals surface area contributed by atoms with Crippen LogP contribution in [0.15, 0.2) is 12.7 Å². The van der Waals surface area contributed by atoms with Crippen LogP contribution < -0.4 is 0 Å². The summed E-state index contributed by atoms with van der Waals surface area (Å²) in [5, 5.41) is 0. The lowest BCUT2D eigenvalue weighted by Gasteiger charge is -2.20. The molecule has 0 aromatic heterocycles. The molecule has 0 bridgehead atoms. The van der Waals surface area contributed by atoms with E-state index in [0.29, 0.717) is 0 Å². The Morgan fingerprint density at radius 3 is 2.45 bits per heavy atom. The second-order valence-corrected chi connectivity index (χ2v) is 3.06. The standard InChI is InChI=1S/C9H14O2/c1-3-9(8(10)11-2)6-4-5-7-9/h3H,1,4-7H2,2H3. The van der Waals surface area contributed by atoms with Crippen LogP contribution in [-0.2, 0) is 9.53 Å². The molecule has 0 aromatic carbocycles. The fraction of sp³-hybridized carbons (Fsp3) is 0.667. The van der Waals surface area contributed by atoms with Crippen LogP contribution in [0.1, 0.15) is 25.7 Å². The molecule has 1 fully saturated rings. The van der Waals surface area contributed by atoms with Crippen molar-refractivity contribution < 1.29 is 9.53 Å². The van der Waals surface area contributed by atoms with Crippen molar-refractivity contribution in [2.45, 2.75) is 25.7 Å². The summed E-state index contributed by atoms with van der Waals surface area (Å²) in [5.41, 5.74) is -0.352. The van der Waals surface area contributed by atoms with Gasteiger partial charge in [0.25, 0.3) is 0 Å². The summed E-state index contributed by atoms with van der Waals surface area (Å²) in [5.74, 6) is -0.120. The van der Waals surface area contributed by atoms with Crippen molar-refractivity contribution in [2.75, 3.05) is 7.11 Å². The number of carbonyl (C=O) groups excluding carboxylic acids is 1. The van der Waals surface area contributed by atoms with Crippen LogP contribution >= 0.6 is 0 Å². The number of hydrogen-bond donors (Lipinski definition) is 0. The van der Waals surface area contributed by atoms with Gasteiger partial charge in [-0.2, -0.15) is 0 Å². The van der Waals surface area contributed by atoms with Crippen LogP contribution in [0.5, 0.6) is 0 Å². The highest BCUT2D eigenvalue weighted by Gasteiger charge is 2.39. The molecule has 1 aliphatic carbocycles. The second-order valence-electron chi connectivity index (χ2n) is 3.06. The van der Waals surface area contributed by atoms with Gasteiger partial charge in [0.2, 0.25) is 0 Å². The maximum Gasteiger partial charge on any atom is 0.315 e. The third kappa shape index (κ3) is 1.30. The topological polar surface area (TPSA) is 26.3 Å². The molecule has 0 spiro atoms. The van der Waals surface area contributed by atoms with Gasteiger partial charge < -0.3 is 4.74 Å². The van der Waals surface area contributed by atoms with Gasteiger partial charge in [-0.25, -0.2) is 0 Å². The van der Waals surface area contributed by atoms with E-state index < -0.39 is 0 Å². The minimum absolute atomic E-state index is 0.120. The van der Waals surface area contributed by atoms with E-state index >= 15 is 0 Å². The Balaban J connectivity index is 2.74. The maximum absolute atomic E-state index is 11.3. The highest BCUT2D eigenvalue weighted by molar-refractivity contribution is 5.79. The van der Waals surface area contributed by atoms with Gasteiger partial charge in [-0.1, -0.05) is 18.9 Å². The van der Waals surface area contributed by atoms with Crippen LogP contribution in [0, 0.1) is 5.41 Å². The molecule has 0 N–H and O–H groups in total. The van der Waals surface area contributed by atoms with E-state index in [0.717, 1.165) is 25.7 Å². The predicted octanol–water partition coefficient (Wildman–Crippen LogP) is 1.91. The lowest BCUT2D eigenvalue weighted by atomic mass is 9.87. The highest BCUT2D eigenvalue weighted by atomic mass is 16.5.